The second-order valence-electron chi connectivity index (χ2n) is 7.68. The molecule has 0 atom stereocenters. The molecule has 0 saturated carbocycles. The molecule has 0 unspecified atom stereocenters. The lowest BCUT2D eigenvalue weighted by Gasteiger charge is -2.17. The summed E-state index contributed by atoms with van der Waals surface area (Å²) in [5, 5.41) is 1.41. The van der Waals surface area contributed by atoms with Crippen LogP contribution >= 0.6 is 11.6 Å². The van der Waals surface area contributed by atoms with Gasteiger partial charge in [-0.15, -0.1) is 0 Å². The van der Waals surface area contributed by atoms with E-state index >= 15 is 0 Å². The predicted octanol–water partition coefficient (Wildman–Crippen LogP) is 6.70. The molecule has 5 rings (SSSR count). The Morgan fingerprint density at radius 3 is 2.48 bits per heavy atom. The first-order valence-electron chi connectivity index (χ1n) is 10.4. The molecule has 0 radical (unpaired) electrons. The number of benzene rings is 3. The fourth-order valence-electron chi connectivity index (χ4n) is 4.04. The van der Waals surface area contributed by atoms with Crippen molar-refractivity contribution >= 4 is 22.6 Å². The van der Waals surface area contributed by atoms with Crippen LogP contribution in [-0.2, 0) is 19.4 Å². The molecule has 4 aromatic rings. The van der Waals surface area contributed by atoms with E-state index in [2.05, 4.69) is 0 Å². The van der Waals surface area contributed by atoms with Gasteiger partial charge >= 0.3 is 5.63 Å². The number of aryl methyl sites for hydroxylation is 1. The lowest BCUT2D eigenvalue weighted by Crippen LogP contribution is -2.15. The van der Waals surface area contributed by atoms with E-state index in [1.807, 2.05) is 60.7 Å². The second kappa shape index (κ2) is 8.48. The highest BCUT2D eigenvalue weighted by Gasteiger charge is 2.19. The maximum absolute atomic E-state index is 12.4. The average molecular weight is 433 g/mol. The van der Waals surface area contributed by atoms with E-state index in [0.29, 0.717) is 23.0 Å². The minimum absolute atomic E-state index is 0.249. The fraction of sp³-hybridized carbons (Fsp3) is 0.192. The molecule has 4 nitrogen and oxygen atoms in total. The van der Waals surface area contributed by atoms with Crippen molar-refractivity contribution in [1.29, 1.82) is 0 Å². The van der Waals surface area contributed by atoms with Crippen LogP contribution < -0.4 is 15.1 Å². The van der Waals surface area contributed by atoms with E-state index in [9.17, 15) is 4.79 Å². The predicted molar refractivity (Wildman–Crippen MR) is 121 cm³/mol. The molecule has 0 spiro atoms. The van der Waals surface area contributed by atoms with Crippen molar-refractivity contribution in [3.8, 4) is 17.2 Å². The van der Waals surface area contributed by atoms with Crippen LogP contribution in [0, 0.1) is 0 Å². The SMILES string of the molecule is O=c1oc2cc(OCc3cccc(Oc4ccccc4)c3)c(Cl)cc2c2c1CCCC2. The van der Waals surface area contributed by atoms with E-state index in [4.69, 9.17) is 25.5 Å². The molecule has 1 aliphatic rings. The second-order valence-corrected chi connectivity index (χ2v) is 8.09. The number of halogens is 1. The molecule has 1 aromatic heterocycles. The van der Waals surface area contributed by atoms with Gasteiger partial charge in [-0.2, -0.15) is 0 Å². The summed E-state index contributed by atoms with van der Waals surface area (Å²) in [5.74, 6) is 1.99. The summed E-state index contributed by atoms with van der Waals surface area (Å²) in [4.78, 5) is 12.4. The zero-order valence-corrected chi connectivity index (χ0v) is 17.7. The zero-order valence-electron chi connectivity index (χ0n) is 16.9. The van der Waals surface area contributed by atoms with Crippen molar-refractivity contribution in [2.24, 2.45) is 0 Å². The van der Waals surface area contributed by atoms with Crippen LogP contribution in [0.3, 0.4) is 0 Å². The maximum atomic E-state index is 12.4. The Kier molecular flexibility index (Phi) is 5.39. The van der Waals surface area contributed by atoms with E-state index in [0.717, 1.165) is 59.3 Å². The highest BCUT2D eigenvalue weighted by atomic mass is 35.5. The Morgan fingerprint density at radius 2 is 1.65 bits per heavy atom. The van der Waals surface area contributed by atoms with Crippen molar-refractivity contribution in [1.82, 2.24) is 0 Å². The van der Waals surface area contributed by atoms with Crippen LogP contribution in [0.15, 0.2) is 75.9 Å². The van der Waals surface area contributed by atoms with Crippen LogP contribution in [0.5, 0.6) is 17.2 Å². The monoisotopic (exact) mass is 432 g/mol. The lowest BCUT2D eigenvalue weighted by molar-refractivity contribution is 0.305. The highest BCUT2D eigenvalue weighted by Crippen LogP contribution is 2.34. The summed E-state index contributed by atoms with van der Waals surface area (Å²) in [6.45, 7) is 0.312. The summed E-state index contributed by atoms with van der Waals surface area (Å²) >= 11 is 6.52. The average Bonchev–Trinajstić information content (AvgIpc) is 2.79. The largest absolute Gasteiger partial charge is 0.487 e. The van der Waals surface area contributed by atoms with Crippen molar-refractivity contribution in [3.05, 3.63) is 98.9 Å². The third kappa shape index (κ3) is 4.17. The van der Waals surface area contributed by atoms with Gasteiger partial charge in [-0.25, -0.2) is 4.79 Å². The molecule has 0 saturated heterocycles. The number of rotatable bonds is 5. The van der Waals surface area contributed by atoms with Crippen LogP contribution in [0.25, 0.3) is 11.0 Å². The Balaban J connectivity index is 1.38. The summed E-state index contributed by atoms with van der Waals surface area (Å²) in [7, 11) is 0. The van der Waals surface area contributed by atoms with Crippen molar-refractivity contribution in [3.63, 3.8) is 0 Å². The van der Waals surface area contributed by atoms with Crippen molar-refractivity contribution < 1.29 is 13.9 Å². The first kappa shape index (κ1) is 19.7. The third-order valence-corrected chi connectivity index (χ3v) is 5.84. The van der Waals surface area contributed by atoms with Gasteiger partial charge in [0.25, 0.3) is 0 Å². The number of hydrogen-bond acceptors (Lipinski definition) is 4. The Labute approximate surface area is 185 Å². The van der Waals surface area contributed by atoms with Crippen molar-refractivity contribution in [2.45, 2.75) is 32.3 Å². The van der Waals surface area contributed by atoms with Crippen LogP contribution in [0.1, 0.15) is 29.5 Å². The lowest BCUT2D eigenvalue weighted by atomic mass is 9.91. The van der Waals surface area contributed by atoms with Gasteiger partial charge in [0.1, 0.15) is 29.4 Å². The van der Waals surface area contributed by atoms with Crippen LogP contribution in [0.4, 0.5) is 0 Å². The summed E-state index contributed by atoms with van der Waals surface area (Å²) < 4.78 is 17.4. The van der Waals surface area contributed by atoms with Gasteiger partial charge in [0, 0.05) is 17.0 Å². The normalized spacial score (nSPS) is 13.1. The number of hydrogen-bond donors (Lipinski definition) is 0. The quantitative estimate of drug-likeness (QED) is 0.329. The van der Waals surface area contributed by atoms with Gasteiger partial charge in [-0.3, -0.25) is 0 Å². The van der Waals surface area contributed by atoms with Gasteiger partial charge in [0.15, 0.2) is 0 Å². The molecular weight excluding hydrogens is 412 g/mol. The van der Waals surface area contributed by atoms with E-state index in [-0.39, 0.29) is 5.63 Å². The highest BCUT2D eigenvalue weighted by molar-refractivity contribution is 6.32. The van der Waals surface area contributed by atoms with E-state index < -0.39 is 0 Å². The molecule has 0 aliphatic heterocycles. The Bertz CT molecular complexity index is 1290. The topological polar surface area (TPSA) is 48.7 Å². The van der Waals surface area contributed by atoms with Crippen molar-refractivity contribution in [2.75, 3.05) is 0 Å². The minimum Gasteiger partial charge on any atom is -0.487 e. The number of ether oxygens (including phenoxy) is 2. The van der Waals surface area contributed by atoms with Gasteiger partial charge in [0.05, 0.1) is 5.02 Å². The third-order valence-electron chi connectivity index (χ3n) is 5.55. The standard InChI is InChI=1S/C26H21ClO4/c27-23-14-22-20-11-4-5-12-21(20)26(28)31-24(22)15-25(23)29-16-17-7-6-10-19(13-17)30-18-8-2-1-3-9-18/h1-3,6-10,13-15H,4-5,11-12,16H2. The first-order valence-corrected chi connectivity index (χ1v) is 10.8. The summed E-state index contributed by atoms with van der Waals surface area (Å²) in [5.41, 5.74) is 3.07. The van der Waals surface area contributed by atoms with E-state index in [1.165, 1.54) is 0 Å². The van der Waals surface area contributed by atoms with Gasteiger partial charge < -0.3 is 13.9 Å². The Morgan fingerprint density at radius 1 is 0.871 bits per heavy atom. The van der Waals surface area contributed by atoms with Gasteiger partial charge in [-0.05, 0) is 67.1 Å². The molecule has 1 heterocycles. The van der Waals surface area contributed by atoms with Gasteiger partial charge in [-0.1, -0.05) is 41.9 Å². The fourth-order valence-corrected chi connectivity index (χ4v) is 4.26. The molecule has 0 bridgehead atoms. The van der Waals surface area contributed by atoms with E-state index in [1.54, 1.807) is 6.07 Å². The summed E-state index contributed by atoms with van der Waals surface area (Å²) in [6.07, 6.45) is 3.74. The minimum atomic E-state index is -0.249. The molecule has 0 amide bonds. The molecule has 0 fully saturated rings. The molecule has 156 valence electrons. The molecule has 1 aliphatic carbocycles. The number of fused-ring (bicyclic) bond motifs is 3. The summed E-state index contributed by atoms with van der Waals surface area (Å²) in [6, 6.07) is 20.9. The molecule has 5 heteroatoms. The Hall–Kier alpha value is -3.24. The van der Waals surface area contributed by atoms with Gasteiger partial charge in [0.2, 0.25) is 0 Å². The number of para-hydroxylation sites is 1. The molecule has 0 N–H and O–H groups in total. The molecule has 31 heavy (non-hydrogen) atoms. The van der Waals surface area contributed by atoms with Crippen LogP contribution in [-0.4, -0.2) is 0 Å². The molecular formula is C26H21ClO4. The molecule has 3 aromatic carbocycles. The van der Waals surface area contributed by atoms with Crippen LogP contribution in [0.2, 0.25) is 5.02 Å². The maximum Gasteiger partial charge on any atom is 0.339 e. The first-order chi connectivity index (χ1) is 15.2. The smallest absolute Gasteiger partial charge is 0.339 e. The zero-order chi connectivity index (χ0) is 21.2.